The first-order chi connectivity index (χ1) is 13.0. The van der Waals surface area contributed by atoms with Gasteiger partial charge in [-0.25, -0.2) is 0 Å². The third kappa shape index (κ3) is 3.16. The lowest BCUT2D eigenvalue weighted by Crippen LogP contribution is -2.50. The molecule has 2 atom stereocenters. The summed E-state index contributed by atoms with van der Waals surface area (Å²) in [4.78, 5) is 41.9. The van der Waals surface area contributed by atoms with Gasteiger partial charge in [-0.2, -0.15) is 0 Å². The molecule has 1 saturated carbocycles. The number of rotatable bonds is 2. The van der Waals surface area contributed by atoms with Crippen LogP contribution in [0.25, 0.3) is 0 Å². The Morgan fingerprint density at radius 1 is 1.04 bits per heavy atom. The van der Waals surface area contributed by atoms with Crippen molar-refractivity contribution in [2.24, 2.45) is 0 Å². The summed E-state index contributed by atoms with van der Waals surface area (Å²) in [6.07, 6.45) is 5.00. The van der Waals surface area contributed by atoms with E-state index >= 15 is 0 Å². The number of hydrogen-bond donors (Lipinski definition) is 0. The largest absolute Gasteiger partial charge is 0.375 e. The summed E-state index contributed by atoms with van der Waals surface area (Å²) in [7, 11) is 0. The van der Waals surface area contributed by atoms with Crippen LogP contribution in [0.5, 0.6) is 0 Å². The second kappa shape index (κ2) is 7.08. The van der Waals surface area contributed by atoms with Gasteiger partial charge in [-0.1, -0.05) is 19.3 Å². The summed E-state index contributed by atoms with van der Waals surface area (Å²) >= 11 is 0. The van der Waals surface area contributed by atoms with Crippen LogP contribution < -0.4 is 0 Å². The standard InChI is InChI=1S/C21H26N2O4/c1-13-12-27-14(2)11-22(13)19(24)15-8-9-17-18(10-15)21(26)23(20(17)25)16-6-4-3-5-7-16/h8-10,13-14,16H,3-7,11-12H2,1-2H3. The lowest BCUT2D eigenvalue weighted by molar-refractivity contribution is -0.0387. The number of nitrogens with zero attached hydrogens (tertiary/aromatic N) is 2. The minimum Gasteiger partial charge on any atom is -0.375 e. The van der Waals surface area contributed by atoms with Crippen LogP contribution in [0.15, 0.2) is 18.2 Å². The molecule has 6 heteroatoms. The first-order valence-electron chi connectivity index (χ1n) is 9.92. The van der Waals surface area contributed by atoms with E-state index in [2.05, 4.69) is 0 Å². The third-order valence-electron chi connectivity index (χ3n) is 5.97. The second-order valence-electron chi connectivity index (χ2n) is 7.98. The lowest BCUT2D eigenvalue weighted by atomic mass is 9.94. The molecule has 0 radical (unpaired) electrons. The van der Waals surface area contributed by atoms with Gasteiger partial charge in [0.2, 0.25) is 0 Å². The van der Waals surface area contributed by atoms with Crippen molar-refractivity contribution in [1.82, 2.24) is 9.80 Å². The normalized spacial score (nSPS) is 26.4. The highest BCUT2D eigenvalue weighted by Gasteiger charge is 2.41. The SMILES string of the molecule is CC1CN(C(=O)c2ccc3c(c2)C(=O)N(C2CCCCC2)C3=O)C(C)CO1. The van der Waals surface area contributed by atoms with Gasteiger partial charge >= 0.3 is 0 Å². The number of hydrogen-bond acceptors (Lipinski definition) is 4. The number of amides is 3. The predicted octanol–water partition coefficient (Wildman–Crippen LogP) is 2.86. The summed E-state index contributed by atoms with van der Waals surface area (Å²) in [5.74, 6) is -0.578. The molecule has 3 aliphatic rings. The van der Waals surface area contributed by atoms with E-state index in [9.17, 15) is 14.4 Å². The molecule has 27 heavy (non-hydrogen) atoms. The molecule has 6 nitrogen and oxygen atoms in total. The molecule has 1 aliphatic carbocycles. The average molecular weight is 370 g/mol. The van der Waals surface area contributed by atoms with E-state index in [4.69, 9.17) is 4.74 Å². The van der Waals surface area contributed by atoms with Crippen LogP contribution in [-0.4, -0.2) is 58.9 Å². The van der Waals surface area contributed by atoms with Gasteiger partial charge in [0.25, 0.3) is 17.7 Å². The molecule has 2 aliphatic heterocycles. The average Bonchev–Trinajstić information content (AvgIpc) is 2.94. The second-order valence-corrected chi connectivity index (χ2v) is 7.98. The predicted molar refractivity (Wildman–Crippen MR) is 99.7 cm³/mol. The number of carbonyl (C=O) groups excluding carboxylic acids is 3. The van der Waals surface area contributed by atoms with Crippen LogP contribution in [0.4, 0.5) is 0 Å². The van der Waals surface area contributed by atoms with Gasteiger partial charge in [0.05, 0.1) is 29.9 Å². The summed E-state index contributed by atoms with van der Waals surface area (Å²) < 4.78 is 5.59. The number of carbonyl (C=O) groups is 3. The van der Waals surface area contributed by atoms with E-state index in [1.54, 1.807) is 23.1 Å². The highest BCUT2D eigenvalue weighted by molar-refractivity contribution is 6.22. The monoisotopic (exact) mass is 370 g/mol. The van der Waals surface area contributed by atoms with Crippen LogP contribution in [0.3, 0.4) is 0 Å². The van der Waals surface area contributed by atoms with Crippen LogP contribution in [-0.2, 0) is 4.74 Å². The molecule has 2 fully saturated rings. The minimum atomic E-state index is -0.250. The number of benzene rings is 1. The van der Waals surface area contributed by atoms with Gasteiger partial charge in [-0.3, -0.25) is 19.3 Å². The Balaban J connectivity index is 1.60. The van der Waals surface area contributed by atoms with Gasteiger partial charge in [0.15, 0.2) is 0 Å². The maximum atomic E-state index is 13.0. The van der Waals surface area contributed by atoms with Crippen LogP contribution in [0.1, 0.15) is 77.0 Å². The Bertz CT molecular complexity index is 784. The van der Waals surface area contributed by atoms with Gasteiger partial charge in [0, 0.05) is 18.2 Å². The van der Waals surface area contributed by atoms with Gasteiger partial charge in [0.1, 0.15) is 0 Å². The minimum absolute atomic E-state index is 0.00887. The molecule has 1 saturated heterocycles. The quantitative estimate of drug-likeness (QED) is 0.751. The van der Waals surface area contributed by atoms with Crippen molar-refractivity contribution in [3.63, 3.8) is 0 Å². The van der Waals surface area contributed by atoms with E-state index in [1.165, 1.54) is 4.90 Å². The van der Waals surface area contributed by atoms with Gasteiger partial charge < -0.3 is 9.64 Å². The highest BCUT2D eigenvalue weighted by atomic mass is 16.5. The zero-order chi connectivity index (χ0) is 19.1. The summed E-state index contributed by atoms with van der Waals surface area (Å²) in [5.41, 5.74) is 1.25. The van der Waals surface area contributed by atoms with E-state index in [0.29, 0.717) is 29.8 Å². The van der Waals surface area contributed by atoms with E-state index in [0.717, 1.165) is 32.1 Å². The highest BCUT2D eigenvalue weighted by Crippen LogP contribution is 2.31. The fourth-order valence-electron chi connectivity index (χ4n) is 4.42. The Hall–Kier alpha value is -2.21. The first kappa shape index (κ1) is 18.2. The van der Waals surface area contributed by atoms with E-state index in [1.807, 2.05) is 13.8 Å². The zero-order valence-electron chi connectivity index (χ0n) is 15.9. The van der Waals surface area contributed by atoms with Crippen LogP contribution in [0, 0.1) is 0 Å². The fourth-order valence-corrected chi connectivity index (χ4v) is 4.42. The molecule has 0 bridgehead atoms. The Morgan fingerprint density at radius 3 is 2.48 bits per heavy atom. The van der Waals surface area contributed by atoms with Crippen LogP contribution in [0.2, 0.25) is 0 Å². The van der Waals surface area contributed by atoms with E-state index in [-0.39, 0.29) is 35.9 Å². The number of imide groups is 1. The Labute approximate surface area is 159 Å². The molecule has 3 amide bonds. The maximum absolute atomic E-state index is 13.0. The molecule has 2 unspecified atom stereocenters. The van der Waals surface area contributed by atoms with Crippen molar-refractivity contribution in [3.05, 3.63) is 34.9 Å². The van der Waals surface area contributed by atoms with Crippen molar-refractivity contribution in [2.75, 3.05) is 13.2 Å². The summed E-state index contributed by atoms with van der Waals surface area (Å²) in [6.45, 7) is 4.93. The molecule has 0 spiro atoms. The number of ether oxygens (including phenoxy) is 1. The molecule has 0 N–H and O–H groups in total. The van der Waals surface area contributed by atoms with Gasteiger partial charge in [-0.05, 0) is 44.9 Å². The molecule has 1 aromatic carbocycles. The van der Waals surface area contributed by atoms with Crippen molar-refractivity contribution in [2.45, 2.75) is 64.1 Å². The molecule has 2 heterocycles. The molecular formula is C21H26N2O4. The molecular weight excluding hydrogens is 344 g/mol. The van der Waals surface area contributed by atoms with E-state index < -0.39 is 0 Å². The topological polar surface area (TPSA) is 66.9 Å². The molecule has 0 aromatic heterocycles. The Kier molecular flexibility index (Phi) is 4.76. The molecule has 4 rings (SSSR count). The van der Waals surface area contributed by atoms with Crippen molar-refractivity contribution in [3.8, 4) is 0 Å². The van der Waals surface area contributed by atoms with Crippen molar-refractivity contribution < 1.29 is 19.1 Å². The number of fused-ring (bicyclic) bond motifs is 1. The van der Waals surface area contributed by atoms with Crippen molar-refractivity contribution in [1.29, 1.82) is 0 Å². The summed E-state index contributed by atoms with van der Waals surface area (Å²) in [6, 6.07) is 4.89. The van der Waals surface area contributed by atoms with Gasteiger partial charge in [-0.15, -0.1) is 0 Å². The maximum Gasteiger partial charge on any atom is 0.261 e. The smallest absolute Gasteiger partial charge is 0.261 e. The number of morpholine rings is 1. The molecule has 1 aromatic rings. The zero-order valence-corrected chi connectivity index (χ0v) is 15.9. The first-order valence-corrected chi connectivity index (χ1v) is 9.92. The third-order valence-corrected chi connectivity index (χ3v) is 5.97. The lowest BCUT2D eigenvalue weighted by Gasteiger charge is -2.36. The summed E-state index contributed by atoms with van der Waals surface area (Å²) in [5, 5.41) is 0. The molecule has 144 valence electrons. The fraction of sp³-hybridized carbons (Fsp3) is 0.571. The van der Waals surface area contributed by atoms with Crippen molar-refractivity contribution >= 4 is 17.7 Å². The van der Waals surface area contributed by atoms with Crippen LogP contribution >= 0.6 is 0 Å². The Morgan fingerprint density at radius 2 is 1.74 bits per heavy atom.